The number of carbonyl (C=O) groups excluding carboxylic acids is 1. The Kier molecular flexibility index (Phi) is 5.38. The third-order valence-electron chi connectivity index (χ3n) is 5.88. The monoisotopic (exact) mass is 330 g/mol. The van der Waals surface area contributed by atoms with Gasteiger partial charge < -0.3 is 14.9 Å². The molecule has 0 aromatic rings. The van der Waals surface area contributed by atoms with E-state index in [-0.39, 0.29) is 24.2 Å². The normalized spacial score (nSPS) is 34.5. The minimum absolute atomic E-state index is 0. The van der Waals surface area contributed by atoms with Gasteiger partial charge in [-0.05, 0) is 38.5 Å². The third-order valence-corrected chi connectivity index (χ3v) is 5.88. The number of likely N-dealkylation sites (tertiary alicyclic amines) is 2. The number of aliphatic carboxylic acids is 1. The standard InChI is InChI=1S/C16H26N2O3.ClH/c1-12-4-3-8-18(12)14(19)6-9-17-10-13-5-2-7-16(13,11-17)15(20)21;/h12-13H,2-11H2,1H3,(H,20,21);1H/t12?,13-,16+;/m0./s1. The molecule has 0 aromatic carbocycles. The van der Waals surface area contributed by atoms with E-state index in [1.165, 1.54) is 0 Å². The molecule has 22 heavy (non-hydrogen) atoms. The van der Waals surface area contributed by atoms with Crippen molar-refractivity contribution < 1.29 is 14.7 Å². The van der Waals surface area contributed by atoms with Gasteiger partial charge in [-0.2, -0.15) is 0 Å². The molecule has 2 heterocycles. The van der Waals surface area contributed by atoms with E-state index < -0.39 is 11.4 Å². The summed E-state index contributed by atoms with van der Waals surface area (Å²) in [7, 11) is 0. The number of carboxylic acids is 1. The zero-order chi connectivity index (χ0) is 15.0. The van der Waals surface area contributed by atoms with E-state index in [2.05, 4.69) is 11.8 Å². The summed E-state index contributed by atoms with van der Waals surface area (Å²) in [6.45, 7) is 5.21. The molecule has 1 N–H and O–H groups in total. The molecule has 3 rings (SSSR count). The average Bonchev–Trinajstić information content (AvgIpc) is 3.09. The van der Waals surface area contributed by atoms with Gasteiger partial charge in [0.05, 0.1) is 5.41 Å². The molecule has 3 fully saturated rings. The fourth-order valence-corrected chi connectivity index (χ4v) is 4.61. The van der Waals surface area contributed by atoms with Crippen LogP contribution in [-0.2, 0) is 9.59 Å². The Bertz CT molecular complexity index is 445. The predicted molar refractivity (Wildman–Crippen MR) is 86.1 cm³/mol. The van der Waals surface area contributed by atoms with Gasteiger partial charge in [0.2, 0.25) is 5.91 Å². The van der Waals surface area contributed by atoms with Gasteiger partial charge in [0, 0.05) is 38.6 Å². The summed E-state index contributed by atoms with van der Waals surface area (Å²) in [4.78, 5) is 28.1. The maximum atomic E-state index is 12.3. The Morgan fingerprint density at radius 1 is 1.27 bits per heavy atom. The quantitative estimate of drug-likeness (QED) is 0.856. The van der Waals surface area contributed by atoms with Crippen LogP contribution in [0, 0.1) is 11.3 Å². The molecule has 1 aliphatic carbocycles. The van der Waals surface area contributed by atoms with Crippen LogP contribution in [0.4, 0.5) is 0 Å². The first-order valence-electron chi connectivity index (χ1n) is 8.28. The molecule has 126 valence electrons. The molecule has 0 aromatic heterocycles. The number of nitrogens with zero attached hydrogens (tertiary/aromatic N) is 2. The van der Waals surface area contributed by atoms with Crippen LogP contribution in [0.5, 0.6) is 0 Å². The van der Waals surface area contributed by atoms with Gasteiger partial charge in [-0.1, -0.05) is 6.42 Å². The molecule has 0 spiro atoms. The SMILES string of the molecule is CC1CCCN1C(=O)CCN1C[C@@H]2CCC[C@@]2(C(=O)O)C1.Cl. The minimum atomic E-state index is -0.632. The average molecular weight is 331 g/mol. The maximum Gasteiger partial charge on any atom is 0.311 e. The first-order chi connectivity index (χ1) is 10.0. The van der Waals surface area contributed by atoms with Gasteiger partial charge in [-0.15, -0.1) is 12.4 Å². The third kappa shape index (κ3) is 2.98. The van der Waals surface area contributed by atoms with Crippen LogP contribution in [0.2, 0.25) is 0 Å². The number of hydrogen-bond donors (Lipinski definition) is 1. The zero-order valence-electron chi connectivity index (χ0n) is 13.3. The second kappa shape index (κ2) is 6.75. The van der Waals surface area contributed by atoms with Crippen molar-refractivity contribution in [3.05, 3.63) is 0 Å². The van der Waals surface area contributed by atoms with Crippen LogP contribution in [0.25, 0.3) is 0 Å². The van der Waals surface area contributed by atoms with Crippen molar-refractivity contribution in [2.75, 3.05) is 26.2 Å². The molecule has 1 amide bonds. The highest BCUT2D eigenvalue weighted by molar-refractivity contribution is 5.85. The molecule has 2 aliphatic heterocycles. The highest BCUT2D eigenvalue weighted by atomic mass is 35.5. The molecule has 0 radical (unpaired) electrons. The van der Waals surface area contributed by atoms with E-state index in [4.69, 9.17) is 0 Å². The van der Waals surface area contributed by atoms with Crippen molar-refractivity contribution in [2.45, 2.75) is 51.5 Å². The fourth-order valence-electron chi connectivity index (χ4n) is 4.61. The van der Waals surface area contributed by atoms with Gasteiger partial charge in [-0.3, -0.25) is 9.59 Å². The van der Waals surface area contributed by atoms with Gasteiger partial charge in [0.15, 0.2) is 0 Å². The second-order valence-electron chi connectivity index (χ2n) is 7.11. The molecular formula is C16H27ClN2O3. The summed E-state index contributed by atoms with van der Waals surface area (Å²) >= 11 is 0. The number of hydrogen-bond acceptors (Lipinski definition) is 3. The Morgan fingerprint density at radius 3 is 2.64 bits per heavy atom. The molecule has 3 atom stereocenters. The molecule has 3 aliphatic rings. The first-order valence-corrected chi connectivity index (χ1v) is 8.28. The Balaban J connectivity index is 0.00000176. The largest absolute Gasteiger partial charge is 0.481 e. The van der Waals surface area contributed by atoms with E-state index in [9.17, 15) is 14.7 Å². The van der Waals surface area contributed by atoms with Gasteiger partial charge >= 0.3 is 5.97 Å². The Labute approximate surface area is 138 Å². The lowest BCUT2D eigenvalue weighted by Crippen LogP contribution is -2.38. The fraction of sp³-hybridized carbons (Fsp3) is 0.875. The summed E-state index contributed by atoms with van der Waals surface area (Å²) in [5.41, 5.74) is -0.524. The lowest BCUT2D eigenvalue weighted by molar-refractivity contribution is -0.149. The van der Waals surface area contributed by atoms with Crippen LogP contribution < -0.4 is 0 Å². The molecule has 0 bridgehead atoms. The smallest absolute Gasteiger partial charge is 0.311 e. The number of carbonyl (C=O) groups is 2. The zero-order valence-corrected chi connectivity index (χ0v) is 14.1. The number of halogens is 1. The molecule has 5 nitrogen and oxygen atoms in total. The van der Waals surface area contributed by atoms with Gasteiger partial charge in [0.1, 0.15) is 0 Å². The van der Waals surface area contributed by atoms with E-state index in [1.54, 1.807) is 0 Å². The summed E-state index contributed by atoms with van der Waals surface area (Å²) in [5, 5.41) is 9.57. The minimum Gasteiger partial charge on any atom is -0.481 e. The summed E-state index contributed by atoms with van der Waals surface area (Å²) in [6.07, 6.45) is 5.63. The Hall–Kier alpha value is -0.810. The van der Waals surface area contributed by atoms with E-state index in [1.807, 2.05) is 4.90 Å². The van der Waals surface area contributed by atoms with Crippen molar-refractivity contribution in [3.8, 4) is 0 Å². The predicted octanol–water partition coefficient (Wildman–Crippen LogP) is 2.00. The highest BCUT2D eigenvalue weighted by Crippen LogP contribution is 2.48. The van der Waals surface area contributed by atoms with Crippen molar-refractivity contribution in [3.63, 3.8) is 0 Å². The topological polar surface area (TPSA) is 60.9 Å². The van der Waals surface area contributed by atoms with Crippen LogP contribution in [0.1, 0.15) is 45.4 Å². The lowest BCUT2D eigenvalue weighted by Gasteiger charge is -2.25. The van der Waals surface area contributed by atoms with Crippen molar-refractivity contribution in [1.29, 1.82) is 0 Å². The van der Waals surface area contributed by atoms with Gasteiger partial charge in [0.25, 0.3) is 0 Å². The van der Waals surface area contributed by atoms with Crippen LogP contribution in [-0.4, -0.2) is 59.0 Å². The summed E-state index contributed by atoms with van der Waals surface area (Å²) in [5.74, 6) is -0.107. The molecular weight excluding hydrogens is 304 g/mol. The molecule has 6 heteroatoms. The van der Waals surface area contributed by atoms with Crippen LogP contribution >= 0.6 is 12.4 Å². The van der Waals surface area contributed by atoms with E-state index in [0.717, 1.165) is 45.2 Å². The number of rotatable bonds is 4. The second-order valence-corrected chi connectivity index (χ2v) is 7.11. The lowest BCUT2D eigenvalue weighted by atomic mass is 9.81. The molecule has 1 saturated carbocycles. The van der Waals surface area contributed by atoms with Gasteiger partial charge in [-0.25, -0.2) is 0 Å². The number of carboxylic acid groups (broad SMARTS) is 1. The first kappa shape index (κ1) is 17.5. The van der Waals surface area contributed by atoms with E-state index >= 15 is 0 Å². The highest BCUT2D eigenvalue weighted by Gasteiger charge is 2.54. The summed E-state index contributed by atoms with van der Waals surface area (Å²) in [6, 6.07) is 0.376. The van der Waals surface area contributed by atoms with Crippen molar-refractivity contribution >= 4 is 24.3 Å². The molecule has 2 saturated heterocycles. The maximum absolute atomic E-state index is 12.3. The number of amides is 1. The van der Waals surface area contributed by atoms with Crippen molar-refractivity contribution in [1.82, 2.24) is 9.80 Å². The van der Waals surface area contributed by atoms with Crippen LogP contribution in [0.3, 0.4) is 0 Å². The summed E-state index contributed by atoms with van der Waals surface area (Å²) < 4.78 is 0. The number of fused-ring (bicyclic) bond motifs is 1. The van der Waals surface area contributed by atoms with Crippen molar-refractivity contribution in [2.24, 2.45) is 11.3 Å². The van der Waals surface area contributed by atoms with E-state index in [0.29, 0.717) is 25.6 Å². The van der Waals surface area contributed by atoms with Crippen LogP contribution in [0.15, 0.2) is 0 Å². The Morgan fingerprint density at radius 2 is 2.05 bits per heavy atom. The molecule has 1 unspecified atom stereocenters.